The molecule has 2 aliphatic rings. The second-order valence-corrected chi connectivity index (χ2v) is 7.91. The summed E-state index contributed by atoms with van der Waals surface area (Å²) in [5.41, 5.74) is 6.61. The highest BCUT2D eigenvalue weighted by atomic mass is 32.1. The maximum atomic E-state index is 12.0. The number of primary amides is 1. The highest BCUT2D eigenvalue weighted by Gasteiger charge is 2.24. The number of nitrogens with one attached hydrogen (secondary N) is 1. The number of hydrogen-bond donors (Lipinski definition) is 2. The van der Waals surface area contributed by atoms with E-state index in [-0.39, 0.29) is 17.7 Å². The second-order valence-electron chi connectivity index (χ2n) is 6.74. The molecule has 3 rings (SSSR count). The zero-order valence-corrected chi connectivity index (χ0v) is 14.9. The van der Waals surface area contributed by atoms with Crippen LogP contribution in [-0.4, -0.2) is 47.9 Å². The standard InChI is InChI=1S/C17H26N4O2S/c18-17(23)12-6-9-21(10-7-12)11-15(22)19-8-5-16-20-13-3-1-2-4-14(13)24-16/h12H,1-11H2,(H2,18,23)(H,19,22). The Balaban J connectivity index is 1.35. The minimum atomic E-state index is -0.217. The van der Waals surface area contributed by atoms with E-state index >= 15 is 0 Å². The monoisotopic (exact) mass is 350 g/mol. The number of rotatable bonds is 6. The predicted octanol–water partition coefficient (Wildman–Crippen LogP) is 0.878. The number of piperidine rings is 1. The van der Waals surface area contributed by atoms with Gasteiger partial charge in [-0.25, -0.2) is 4.98 Å². The van der Waals surface area contributed by atoms with Crippen LogP contribution in [0, 0.1) is 5.92 Å². The molecule has 24 heavy (non-hydrogen) atoms. The van der Waals surface area contributed by atoms with Gasteiger partial charge in [-0.2, -0.15) is 0 Å². The summed E-state index contributed by atoms with van der Waals surface area (Å²) < 4.78 is 0. The van der Waals surface area contributed by atoms with Gasteiger partial charge in [0.2, 0.25) is 11.8 Å². The van der Waals surface area contributed by atoms with Gasteiger partial charge in [-0.15, -0.1) is 11.3 Å². The van der Waals surface area contributed by atoms with Gasteiger partial charge in [-0.3, -0.25) is 14.5 Å². The lowest BCUT2D eigenvalue weighted by molar-refractivity contribution is -0.124. The van der Waals surface area contributed by atoms with Gasteiger partial charge in [-0.1, -0.05) is 0 Å². The van der Waals surface area contributed by atoms with Crippen molar-refractivity contribution in [3.63, 3.8) is 0 Å². The molecule has 0 unspecified atom stereocenters. The Morgan fingerprint density at radius 3 is 2.71 bits per heavy atom. The molecule has 3 N–H and O–H groups in total. The fraction of sp³-hybridized carbons (Fsp3) is 0.706. The number of thiazole rings is 1. The lowest BCUT2D eigenvalue weighted by atomic mass is 9.96. The smallest absolute Gasteiger partial charge is 0.234 e. The van der Waals surface area contributed by atoms with Crippen LogP contribution in [0.5, 0.6) is 0 Å². The lowest BCUT2D eigenvalue weighted by Crippen LogP contribution is -2.43. The van der Waals surface area contributed by atoms with Crippen LogP contribution in [0.1, 0.15) is 41.3 Å². The molecule has 132 valence electrons. The minimum absolute atomic E-state index is 0.0275. The summed E-state index contributed by atoms with van der Waals surface area (Å²) in [6.07, 6.45) is 7.13. The molecule has 0 radical (unpaired) electrons. The largest absolute Gasteiger partial charge is 0.369 e. The maximum absolute atomic E-state index is 12.0. The lowest BCUT2D eigenvalue weighted by Gasteiger charge is -2.29. The third-order valence-corrected chi connectivity index (χ3v) is 6.13. The van der Waals surface area contributed by atoms with Crippen molar-refractivity contribution in [1.82, 2.24) is 15.2 Å². The van der Waals surface area contributed by atoms with Crippen LogP contribution < -0.4 is 11.1 Å². The Morgan fingerprint density at radius 1 is 1.25 bits per heavy atom. The van der Waals surface area contributed by atoms with Crippen LogP contribution in [0.25, 0.3) is 0 Å². The van der Waals surface area contributed by atoms with E-state index in [1.165, 1.54) is 29.8 Å². The molecule has 1 aromatic heterocycles. The fourth-order valence-corrected chi connectivity index (χ4v) is 4.61. The molecule has 1 saturated heterocycles. The van der Waals surface area contributed by atoms with Crippen molar-refractivity contribution in [2.24, 2.45) is 11.7 Å². The van der Waals surface area contributed by atoms with Crippen LogP contribution in [-0.2, 0) is 28.9 Å². The van der Waals surface area contributed by atoms with Gasteiger partial charge in [0, 0.05) is 23.8 Å². The van der Waals surface area contributed by atoms with Crippen LogP contribution in [0.15, 0.2) is 0 Å². The Bertz CT molecular complexity index is 570. The molecule has 0 bridgehead atoms. The molecule has 0 spiro atoms. The second kappa shape index (κ2) is 8.07. The summed E-state index contributed by atoms with van der Waals surface area (Å²) >= 11 is 1.81. The van der Waals surface area contributed by atoms with E-state index in [0.717, 1.165) is 43.8 Å². The number of hydrogen-bond acceptors (Lipinski definition) is 5. The molecule has 2 amide bonds. The van der Waals surface area contributed by atoms with Crippen molar-refractivity contribution < 1.29 is 9.59 Å². The number of aryl methyl sites for hydroxylation is 2. The summed E-state index contributed by atoms with van der Waals surface area (Å²) in [6.45, 7) is 2.57. The van der Waals surface area contributed by atoms with Crippen molar-refractivity contribution in [3.8, 4) is 0 Å². The van der Waals surface area contributed by atoms with E-state index in [1.807, 2.05) is 11.3 Å². The number of aromatic nitrogens is 1. The summed E-state index contributed by atoms with van der Waals surface area (Å²) in [5.74, 6) is -0.195. The van der Waals surface area contributed by atoms with Crippen LogP contribution >= 0.6 is 11.3 Å². The number of carbonyl (C=O) groups excluding carboxylic acids is 2. The Hall–Kier alpha value is -1.47. The fourth-order valence-electron chi connectivity index (χ4n) is 3.46. The maximum Gasteiger partial charge on any atom is 0.234 e. The van der Waals surface area contributed by atoms with Gasteiger partial charge in [0.1, 0.15) is 0 Å². The Morgan fingerprint density at radius 2 is 2.00 bits per heavy atom. The molecule has 1 fully saturated rings. The molecule has 1 aliphatic heterocycles. The summed E-state index contributed by atoms with van der Waals surface area (Å²) in [5, 5.41) is 4.13. The molecule has 0 aromatic carbocycles. The summed E-state index contributed by atoms with van der Waals surface area (Å²) in [4.78, 5) is 31.4. The van der Waals surface area contributed by atoms with Gasteiger partial charge >= 0.3 is 0 Å². The first kappa shape index (κ1) is 17.4. The van der Waals surface area contributed by atoms with E-state index in [1.54, 1.807) is 0 Å². The third kappa shape index (κ3) is 4.54. The first-order valence-corrected chi connectivity index (χ1v) is 9.69. The summed E-state index contributed by atoms with van der Waals surface area (Å²) in [6, 6.07) is 0. The van der Waals surface area contributed by atoms with Gasteiger partial charge in [0.15, 0.2) is 0 Å². The molecule has 1 aromatic rings. The molecule has 2 heterocycles. The van der Waals surface area contributed by atoms with E-state index in [0.29, 0.717) is 13.1 Å². The van der Waals surface area contributed by atoms with Crippen LogP contribution in [0.2, 0.25) is 0 Å². The van der Waals surface area contributed by atoms with Gasteiger partial charge in [0.25, 0.3) is 0 Å². The topological polar surface area (TPSA) is 88.3 Å². The SMILES string of the molecule is NC(=O)C1CCN(CC(=O)NCCc2nc3c(s2)CCCC3)CC1. The van der Waals surface area contributed by atoms with Crippen molar-refractivity contribution in [3.05, 3.63) is 15.6 Å². The zero-order chi connectivity index (χ0) is 16.9. The molecule has 0 atom stereocenters. The van der Waals surface area contributed by atoms with Crippen molar-refractivity contribution in [2.75, 3.05) is 26.2 Å². The number of fused-ring (bicyclic) bond motifs is 1. The molecule has 6 nitrogen and oxygen atoms in total. The first-order chi connectivity index (χ1) is 11.6. The normalized spacial score (nSPS) is 19.0. The minimum Gasteiger partial charge on any atom is -0.369 e. The van der Waals surface area contributed by atoms with E-state index < -0.39 is 0 Å². The Kier molecular flexibility index (Phi) is 5.84. The third-order valence-electron chi connectivity index (χ3n) is 4.91. The molecule has 1 aliphatic carbocycles. The van der Waals surface area contributed by atoms with Crippen LogP contribution in [0.4, 0.5) is 0 Å². The highest BCUT2D eigenvalue weighted by molar-refractivity contribution is 7.11. The van der Waals surface area contributed by atoms with Crippen molar-refractivity contribution >= 4 is 23.2 Å². The number of nitrogens with two attached hydrogens (primary N) is 1. The molecule has 7 heteroatoms. The van der Waals surface area contributed by atoms with Crippen LogP contribution in [0.3, 0.4) is 0 Å². The molecular formula is C17H26N4O2S. The Labute approximate surface area is 146 Å². The van der Waals surface area contributed by atoms with Crippen molar-refractivity contribution in [1.29, 1.82) is 0 Å². The average Bonchev–Trinajstić information content (AvgIpc) is 2.98. The van der Waals surface area contributed by atoms with Gasteiger partial charge in [0.05, 0.1) is 17.2 Å². The van der Waals surface area contributed by atoms with E-state index in [9.17, 15) is 9.59 Å². The number of nitrogens with zero attached hydrogens (tertiary/aromatic N) is 2. The van der Waals surface area contributed by atoms with Gasteiger partial charge in [-0.05, 0) is 51.6 Å². The highest BCUT2D eigenvalue weighted by Crippen LogP contribution is 2.26. The average molecular weight is 350 g/mol. The van der Waals surface area contributed by atoms with E-state index in [2.05, 4.69) is 10.2 Å². The number of amides is 2. The number of likely N-dealkylation sites (tertiary alicyclic amines) is 1. The van der Waals surface area contributed by atoms with Crippen molar-refractivity contribution in [2.45, 2.75) is 44.9 Å². The first-order valence-electron chi connectivity index (χ1n) is 8.87. The predicted molar refractivity (Wildman–Crippen MR) is 93.8 cm³/mol. The van der Waals surface area contributed by atoms with Gasteiger partial charge < -0.3 is 11.1 Å². The quantitative estimate of drug-likeness (QED) is 0.797. The zero-order valence-electron chi connectivity index (χ0n) is 14.1. The van der Waals surface area contributed by atoms with E-state index in [4.69, 9.17) is 10.7 Å². The summed E-state index contributed by atoms with van der Waals surface area (Å²) in [7, 11) is 0. The molecular weight excluding hydrogens is 324 g/mol. The molecule has 0 saturated carbocycles. The number of carbonyl (C=O) groups is 2.